The van der Waals surface area contributed by atoms with Crippen LogP contribution >= 0.6 is 0 Å². The van der Waals surface area contributed by atoms with Gasteiger partial charge in [-0.2, -0.15) is 0 Å². The zero-order valence-electron chi connectivity index (χ0n) is 25.5. The normalized spacial score (nSPS) is 15.0. The summed E-state index contributed by atoms with van der Waals surface area (Å²) in [7, 11) is 3.64. The number of hydrogen-bond donors (Lipinski definition) is 1. The fraction of sp³-hybridized carbons (Fsp3) is 0.0732. The molecule has 0 saturated carbocycles. The number of allylic oxidation sites excluding steroid dienone is 1. The Morgan fingerprint density at radius 1 is 0.587 bits per heavy atom. The molecule has 1 unspecified atom stereocenters. The van der Waals surface area contributed by atoms with E-state index in [0.29, 0.717) is 0 Å². The van der Waals surface area contributed by atoms with Gasteiger partial charge in [0.15, 0.2) is 0 Å². The van der Waals surface area contributed by atoms with E-state index in [1.165, 1.54) is 33.0 Å². The van der Waals surface area contributed by atoms with Crippen LogP contribution in [0.1, 0.15) is 22.9 Å². The lowest BCUT2D eigenvalue weighted by molar-refractivity contribution is 0.664. The van der Waals surface area contributed by atoms with E-state index >= 15 is 0 Å². The van der Waals surface area contributed by atoms with Crippen LogP contribution in [0.2, 0.25) is 0 Å². The Morgan fingerprint density at radius 3 is 2.11 bits per heavy atom. The maximum absolute atomic E-state index is 12.6. The van der Waals surface area contributed by atoms with Gasteiger partial charge in [-0.15, -0.1) is 0 Å². The number of rotatable bonds is 4. The Labute approximate surface area is 266 Å². The second kappa shape index (κ2) is 10.0. The molecule has 2 aliphatic rings. The standard InChI is InChI=1S/C41H30N4O/c1-44-37-20-18-28(23-38(37)45(2)41(44)46)27-13-6-14-29(21-27)35-24-36(43-40(42-35)26-9-4-3-5-10-26)30-17-19-31-32-15-7-11-25-12-8-16-33(39(25)32)34(31)22-30/h3-24,40,42H,1-2H3. The van der Waals surface area contributed by atoms with Gasteiger partial charge in [-0.1, -0.05) is 103 Å². The van der Waals surface area contributed by atoms with Crippen LogP contribution in [-0.2, 0) is 14.1 Å². The second-order valence-corrected chi connectivity index (χ2v) is 12.2. The van der Waals surface area contributed by atoms with Crippen LogP contribution in [0, 0.1) is 0 Å². The van der Waals surface area contributed by atoms with Gasteiger partial charge in [-0.3, -0.25) is 14.1 Å². The van der Waals surface area contributed by atoms with Crippen molar-refractivity contribution in [2.75, 3.05) is 0 Å². The van der Waals surface area contributed by atoms with Crippen molar-refractivity contribution in [2.24, 2.45) is 19.1 Å². The summed E-state index contributed by atoms with van der Waals surface area (Å²) in [5, 5.41) is 6.32. The highest BCUT2D eigenvalue weighted by Crippen LogP contribution is 2.47. The van der Waals surface area contributed by atoms with Crippen molar-refractivity contribution in [3.05, 3.63) is 161 Å². The molecule has 1 N–H and O–H groups in total. The number of hydrogen-bond acceptors (Lipinski definition) is 3. The third-order valence-corrected chi connectivity index (χ3v) is 9.54. The van der Waals surface area contributed by atoms with Gasteiger partial charge >= 0.3 is 5.69 Å². The SMILES string of the molecule is Cn1c(=O)n(C)c2cc(-c3cccc(C4=CC(c5ccc6c(c5)-c5cccc7cccc-6c57)=NC(c5ccccc5)N4)c3)ccc21. The van der Waals surface area contributed by atoms with Crippen LogP contribution in [0.15, 0.2) is 143 Å². The summed E-state index contributed by atoms with van der Waals surface area (Å²) in [6.45, 7) is 0. The van der Waals surface area contributed by atoms with Gasteiger partial charge in [0.25, 0.3) is 0 Å². The Hall–Kier alpha value is -5.94. The summed E-state index contributed by atoms with van der Waals surface area (Å²) in [6, 6.07) is 45.1. The minimum atomic E-state index is -0.232. The summed E-state index contributed by atoms with van der Waals surface area (Å²) < 4.78 is 3.39. The maximum atomic E-state index is 12.6. The average Bonchev–Trinajstić information content (AvgIpc) is 3.55. The first-order valence-electron chi connectivity index (χ1n) is 15.6. The van der Waals surface area contributed by atoms with Crippen LogP contribution in [-0.4, -0.2) is 14.8 Å². The van der Waals surface area contributed by atoms with E-state index in [1.807, 2.05) is 26.2 Å². The minimum absolute atomic E-state index is 0.0247. The lowest BCUT2D eigenvalue weighted by atomic mass is 9.96. The van der Waals surface area contributed by atoms with Gasteiger partial charge in [0, 0.05) is 25.4 Å². The molecule has 1 aromatic heterocycles. The Balaban J connectivity index is 1.15. The molecule has 220 valence electrons. The van der Waals surface area contributed by atoms with E-state index in [9.17, 15) is 4.79 Å². The molecule has 5 nitrogen and oxygen atoms in total. The fourth-order valence-corrected chi connectivity index (χ4v) is 7.16. The lowest BCUT2D eigenvalue weighted by Gasteiger charge is -2.25. The molecule has 9 rings (SSSR count). The molecule has 0 radical (unpaired) electrons. The van der Waals surface area contributed by atoms with Gasteiger partial charge in [0.1, 0.15) is 6.17 Å². The van der Waals surface area contributed by atoms with Crippen LogP contribution in [0.25, 0.3) is 60.9 Å². The molecule has 1 aliphatic heterocycles. The first-order chi connectivity index (χ1) is 22.5. The van der Waals surface area contributed by atoms with Crippen LogP contribution in [0.4, 0.5) is 0 Å². The number of aromatic nitrogens is 2. The van der Waals surface area contributed by atoms with Gasteiger partial charge in [-0.05, 0) is 85.6 Å². The molecule has 1 aliphatic carbocycles. The molecular weight excluding hydrogens is 564 g/mol. The smallest absolute Gasteiger partial charge is 0.328 e. The summed E-state index contributed by atoms with van der Waals surface area (Å²) in [5.74, 6) is 0. The Bertz CT molecular complexity index is 2490. The zero-order chi connectivity index (χ0) is 30.9. The predicted octanol–water partition coefficient (Wildman–Crippen LogP) is 8.48. The predicted molar refractivity (Wildman–Crippen MR) is 189 cm³/mol. The molecular formula is C41H30N4O. The number of nitrogens with zero attached hydrogens (tertiary/aromatic N) is 3. The molecule has 0 amide bonds. The molecule has 0 fully saturated rings. The molecule has 6 aromatic carbocycles. The highest BCUT2D eigenvalue weighted by Gasteiger charge is 2.24. The number of nitrogens with one attached hydrogen (secondary N) is 1. The molecule has 1 atom stereocenters. The fourth-order valence-electron chi connectivity index (χ4n) is 7.16. The van der Waals surface area contributed by atoms with Crippen molar-refractivity contribution in [1.29, 1.82) is 0 Å². The van der Waals surface area contributed by atoms with E-state index in [2.05, 4.69) is 127 Å². The average molecular weight is 595 g/mol. The molecule has 0 bridgehead atoms. The highest BCUT2D eigenvalue weighted by atomic mass is 16.1. The number of imidazole rings is 1. The third kappa shape index (κ3) is 4.02. The van der Waals surface area contributed by atoms with Crippen molar-refractivity contribution in [3.63, 3.8) is 0 Å². The van der Waals surface area contributed by atoms with Gasteiger partial charge in [-0.25, -0.2) is 4.79 Å². The van der Waals surface area contributed by atoms with E-state index < -0.39 is 0 Å². The molecule has 7 aromatic rings. The monoisotopic (exact) mass is 594 g/mol. The van der Waals surface area contributed by atoms with E-state index in [-0.39, 0.29) is 11.9 Å². The quantitative estimate of drug-likeness (QED) is 0.222. The van der Waals surface area contributed by atoms with Crippen molar-refractivity contribution >= 4 is 33.2 Å². The van der Waals surface area contributed by atoms with Crippen molar-refractivity contribution in [2.45, 2.75) is 6.17 Å². The van der Waals surface area contributed by atoms with Crippen molar-refractivity contribution in [1.82, 2.24) is 14.5 Å². The number of benzene rings is 6. The summed E-state index contributed by atoms with van der Waals surface area (Å²) >= 11 is 0. The van der Waals surface area contributed by atoms with Gasteiger partial charge in [0.2, 0.25) is 0 Å². The van der Waals surface area contributed by atoms with Crippen molar-refractivity contribution in [3.8, 4) is 33.4 Å². The first kappa shape index (κ1) is 26.5. The molecule has 5 heteroatoms. The largest absolute Gasteiger partial charge is 0.360 e. The van der Waals surface area contributed by atoms with E-state index in [0.717, 1.165) is 50.3 Å². The van der Waals surface area contributed by atoms with E-state index in [1.54, 1.807) is 9.13 Å². The van der Waals surface area contributed by atoms with Crippen LogP contribution in [0.5, 0.6) is 0 Å². The van der Waals surface area contributed by atoms with Gasteiger partial charge in [0.05, 0.1) is 16.7 Å². The van der Waals surface area contributed by atoms with Crippen molar-refractivity contribution < 1.29 is 0 Å². The molecule has 46 heavy (non-hydrogen) atoms. The van der Waals surface area contributed by atoms with E-state index in [4.69, 9.17) is 4.99 Å². The molecule has 2 heterocycles. The number of fused-ring (bicyclic) bond motifs is 4. The molecule has 0 saturated heterocycles. The Morgan fingerprint density at radius 2 is 1.28 bits per heavy atom. The highest BCUT2D eigenvalue weighted by molar-refractivity contribution is 6.18. The second-order valence-electron chi connectivity index (χ2n) is 12.2. The van der Waals surface area contributed by atoms with Crippen LogP contribution < -0.4 is 11.0 Å². The Kier molecular flexibility index (Phi) is 5.78. The third-order valence-electron chi connectivity index (χ3n) is 9.54. The van der Waals surface area contributed by atoms with Crippen LogP contribution in [0.3, 0.4) is 0 Å². The maximum Gasteiger partial charge on any atom is 0.328 e. The topological polar surface area (TPSA) is 51.3 Å². The lowest BCUT2D eigenvalue weighted by Crippen LogP contribution is -2.24. The first-order valence-corrected chi connectivity index (χ1v) is 15.6. The molecule has 0 spiro atoms. The minimum Gasteiger partial charge on any atom is -0.360 e. The number of aryl methyl sites for hydroxylation is 2. The summed E-state index contributed by atoms with van der Waals surface area (Å²) in [4.78, 5) is 17.8. The summed E-state index contributed by atoms with van der Waals surface area (Å²) in [6.07, 6.45) is 1.94. The van der Waals surface area contributed by atoms with Gasteiger partial charge < -0.3 is 5.32 Å². The summed E-state index contributed by atoms with van der Waals surface area (Å²) in [5.41, 5.74) is 14.3. The zero-order valence-corrected chi connectivity index (χ0v) is 25.5. The number of aliphatic imine (C=N–C) groups is 1.